The molecule has 0 radical (unpaired) electrons. The van der Waals surface area contributed by atoms with Gasteiger partial charge in [0.2, 0.25) is 0 Å². The monoisotopic (exact) mass is 280 g/mol. The van der Waals surface area contributed by atoms with Crippen molar-refractivity contribution in [1.29, 1.82) is 0 Å². The van der Waals surface area contributed by atoms with Crippen LogP contribution < -0.4 is 0 Å². The van der Waals surface area contributed by atoms with E-state index in [4.69, 9.17) is 4.74 Å². The highest BCUT2D eigenvalue weighted by molar-refractivity contribution is 5.82. The van der Waals surface area contributed by atoms with Crippen LogP contribution in [0.15, 0.2) is 24.3 Å². The van der Waals surface area contributed by atoms with Crippen LogP contribution >= 0.6 is 0 Å². The third-order valence-corrected chi connectivity index (χ3v) is 5.27. The van der Waals surface area contributed by atoms with Crippen molar-refractivity contribution >= 4 is 5.97 Å². The van der Waals surface area contributed by atoms with Gasteiger partial charge in [-0.2, -0.15) is 0 Å². The average molecular weight is 280 g/mol. The Balaban J connectivity index is 2.02. The zero-order chi connectivity index (χ0) is 14.7. The van der Waals surface area contributed by atoms with Gasteiger partial charge in [-0.3, -0.25) is 0 Å². The predicted molar refractivity (Wildman–Crippen MR) is 70.5 cm³/mol. The van der Waals surface area contributed by atoms with Crippen LogP contribution in [-0.4, -0.2) is 45.7 Å². The average Bonchev–Trinajstić information content (AvgIpc) is 2.79. The lowest BCUT2D eigenvalue weighted by Gasteiger charge is -2.28. The van der Waals surface area contributed by atoms with Crippen LogP contribution in [0.4, 0.5) is 0 Å². The summed E-state index contributed by atoms with van der Waals surface area (Å²) in [5.74, 6) is -1.43. The normalized spacial score (nSPS) is 47.8. The topological polar surface area (TPSA) is 87.0 Å². The van der Waals surface area contributed by atoms with E-state index in [1.54, 1.807) is 0 Å². The second kappa shape index (κ2) is 4.41. The van der Waals surface area contributed by atoms with Crippen LogP contribution in [0, 0.1) is 17.8 Å². The molecule has 110 valence electrons. The predicted octanol–water partition coefficient (Wildman–Crippen LogP) is 0.155. The summed E-state index contributed by atoms with van der Waals surface area (Å²) in [7, 11) is 0. The minimum Gasteiger partial charge on any atom is -0.459 e. The van der Waals surface area contributed by atoms with E-state index in [0.717, 1.165) is 5.57 Å². The SMILES string of the molecule is C=C1C(O)C[C@H]2C(=C)CCC3[C@H](OC(=O)[C@]3(O)CO)[C@@H]12. The quantitative estimate of drug-likeness (QED) is 0.470. The molecule has 5 heteroatoms. The molecule has 2 saturated carbocycles. The summed E-state index contributed by atoms with van der Waals surface area (Å²) >= 11 is 0. The van der Waals surface area contributed by atoms with E-state index in [0.29, 0.717) is 24.8 Å². The number of aliphatic hydroxyl groups is 3. The van der Waals surface area contributed by atoms with Gasteiger partial charge in [-0.1, -0.05) is 18.7 Å². The second-order valence-corrected chi connectivity index (χ2v) is 6.21. The van der Waals surface area contributed by atoms with Gasteiger partial charge >= 0.3 is 5.97 Å². The molecule has 6 atom stereocenters. The fourth-order valence-electron chi connectivity index (χ4n) is 4.05. The molecule has 0 spiro atoms. The fraction of sp³-hybridized carbons (Fsp3) is 0.667. The largest absolute Gasteiger partial charge is 0.459 e. The molecule has 0 aromatic carbocycles. The molecule has 1 heterocycles. The molecule has 1 saturated heterocycles. The van der Waals surface area contributed by atoms with Crippen molar-refractivity contribution in [3.05, 3.63) is 24.3 Å². The Kier molecular flexibility index (Phi) is 3.04. The number of hydrogen-bond donors (Lipinski definition) is 3. The maximum absolute atomic E-state index is 11.9. The number of hydrogen-bond acceptors (Lipinski definition) is 5. The Hall–Kier alpha value is -1.17. The second-order valence-electron chi connectivity index (χ2n) is 6.21. The molecule has 5 nitrogen and oxygen atoms in total. The number of ether oxygens (including phenoxy) is 1. The summed E-state index contributed by atoms with van der Waals surface area (Å²) in [6.45, 7) is 7.35. The molecule has 0 amide bonds. The van der Waals surface area contributed by atoms with Crippen LogP contribution in [0.25, 0.3) is 0 Å². The molecular formula is C15H20O5. The minimum atomic E-state index is -1.84. The van der Waals surface area contributed by atoms with Crippen molar-refractivity contribution in [2.24, 2.45) is 17.8 Å². The van der Waals surface area contributed by atoms with Crippen LogP contribution in [0.5, 0.6) is 0 Å². The number of carbonyl (C=O) groups is 1. The summed E-state index contributed by atoms with van der Waals surface area (Å²) in [4.78, 5) is 11.9. The lowest BCUT2D eigenvalue weighted by molar-refractivity contribution is -0.159. The van der Waals surface area contributed by atoms with Gasteiger partial charge in [0.1, 0.15) is 6.10 Å². The molecule has 0 aromatic rings. The number of fused-ring (bicyclic) bond motifs is 3. The van der Waals surface area contributed by atoms with E-state index in [-0.39, 0.29) is 11.8 Å². The molecule has 20 heavy (non-hydrogen) atoms. The van der Waals surface area contributed by atoms with E-state index in [9.17, 15) is 20.1 Å². The molecule has 2 unspecified atom stereocenters. The van der Waals surface area contributed by atoms with Gasteiger partial charge in [0.05, 0.1) is 12.7 Å². The van der Waals surface area contributed by atoms with Gasteiger partial charge in [-0.05, 0) is 30.8 Å². The number of allylic oxidation sites excluding steroid dienone is 1. The maximum atomic E-state index is 11.9. The van der Waals surface area contributed by atoms with Crippen molar-refractivity contribution in [3.8, 4) is 0 Å². The molecule has 1 aliphatic heterocycles. The first-order chi connectivity index (χ1) is 9.40. The van der Waals surface area contributed by atoms with Crippen molar-refractivity contribution in [1.82, 2.24) is 0 Å². The Labute approximate surface area is 117 Å². The van der Waals surface area contributed by atoms with Gasteiger partial charge in [0, 0.05) is 11.8 Å². The molecule has 3 fully saturated rings. The van der Waals surface area contributed by atoms with E-state index < -0.39 is 36.3 Å². The highest BCUT2D eigenvalue weighted by Crippen LogP contribution is 2.53. The summed E-state index contributed by atoms with van der Waals surface area (Å²) in [6.07, 6.45) is 0.584. The molecular weight excluding hydrogens is 260 g/mol. The van der Waals surface area contributed by atoms with Gasteiger partial charge in [-0.25, -0.2) is 4.79 Å². The van der Waals surface area contributed by atoms with Crippen molar-refractivity contribution in [2.45, 2.75) is 37.1 Å². The first kappa shape index (κ1) is 13.8. The number of carbonyl (C=O) groups excluding carboxylic acids is 1. The Morgan fingerprint density at radius 1 is 1.40 bits per heavy atom. The lowest BCUT2D eigenvalue weighted by atomic mass is 9.78. The van der Waals surface area contributed by atoms with Gasteiger partial charge < -0.3 is 20.1 Å². The fourth-order valence-corrected chi connectivity index (χ4v) is 4.05. The van der Waals surface area contributed by atoms with E-state index in [2.05, 4.69) is 13.2 Å². The Bertz CT molecular complexity index is 485. The van der Waals surface area contributed by atoms with Gasteiger partial charge in [-0.15, -0.1) is 0 Å². The van der Waals surface area contributed by atoms with E-state index in [1.807, 2.05) is 0 Å². The molecule has 3 N–H and O–H groups in total. The van der Waals surface area contributed by atoms with Crippen molar-refractivity contribution < 1.29 is 24.9 Å². The van der Waals surface area contributed by atoms with Crippen molar-refractivity contribution in [3.63, 3.8) is 0 Å². The number of rotatable bonds is 1. The van der Waals surface area contributed by atoms with E-state index in [1.165, 1.54) is 0 Å². The molecule has 0 aromatic heterocycles. The van der Waals surface area contributed by atoms with E-state index >= 15 is 0 Å². The van der Waals surface area contributed by atoms with Crippen LogP contribution in [0.3, 0.4) is 0 Å². The molecule has 3 aliphatic rings. The van der Waals surface area contributed by atoms with Crippen LogP contribution in [0.2, 0.25) is 0 Å². The number of aliphatic hydroxyl groups excluding tert-OH is 2. The smallest absolute Gasteiger partial charge is 0.341 e. The summed E-state index contributed by atoms with van der Waals surface area (Å²) < 4.78 is 5.37. The Morgan fingerprint density at radius 2 is 2.10 bits per heavy atom. The van der Waals surface area contributed by atoms with Crippen LogP contribution in [0.1, 0.15) is 19.3 Å². The minimum absolute atomic E-state index is 0.0290. The maximum Gasteiger partial charge on any atom is 0.341 e. The first-order valence-corrected chi connectivity index (χ1v) is 6.99. The zero-order valence-corrected chi connectivity index (χ0v) is 11.3. The highest BCUT2D eigenvalue weighted by atomic mass is 16.6. The third kappa shape index (κ3) is 1.63. The van der Waals surface area contributed by atoms with Gasteiger partial charge in [0.15, 0.2) is 5.60 Å². The number of esters is 1. The summed E-state index contributed by atoms with van der Waals surface area (Å²) in [6, 6.07) is 0. The molecule has 3 rings (SSSR count). The Morgan fingerprint density at radius 3 is 2.75 bits per heavy atom. The lowest BCUT2D eigenvalue weighted by Crippen LogP contribution is -2.46. The zero-order valence-electron chi connectivity index (χ0n) is 11.3. The molecule has 2 aliphatic carbocycles. The van der Waals surface area contributed by atoms with Gasteiger partial charge in [0.25, 0.3) is 0 Å². The highest BCUT2D eigenvalue weighted by Gasteiger charge is 2.61. The standard InChI is InChI=1S/C15H20O5/c1-7-3-4-10-13(20-14(18)15(10,19)6-16)12-8(2)11(17)5-9(7)12/h9-13,16-17,19H,1-6H2/t9-,10?,11?,12-,13-,15-/m0/s1. The van der Waals surface area contributed by atoms with Crippen molar-refractivity contribution in [2.75, 3.05) is 6.61 Å². The first-order valence-electron chi connectivity index (χ1n) is 6.99. The third-order valence-electron chi connectivity index (χ3n) is 5.27. The summed E-state index contributed by atoms with van der Waals surface area (Å²) in [5.41, 5.74) is -0.199. The molecule has 0 bridgehead atoms. The summed E-state index contributed by atoms with van der Waals surface area (Å²) in [5, 5.41) is 29.8. The van der Waals surface area contributed by atoms with Crippen LogP contribution in [-0.2, 0) is 9.53 Å².